The van der Waals surface area contributed by atoms with Gasteiger partial charge in [0.05, 0.1) is 0 Å². The molecular formula is C12H18BNO3. The summed E-state index contributed by atoms with van der Waals surface area (Å²) in [6.07, 6.45) is 0.120. The summed E-state index contributed by atoms with van der Waals surface area (Å²) in [6, 6.07) is 8.54. The van der Waals surface area contributed by atoms with Gasteiger partial charge < -0.3 is 0 Å². The van der Waals surface area contributed by atoms with Crippen molar-refractivity contribution in [2.75, 3.05) is 13.6 Å². The first kappa shape index (κ1) is 15.5. The second-order valence-electron chi connectivity index (χ2n) is 2.94. The van der Waals surface area contributed by atoms with Gasteiger partial charge in [0.15, 0.2) is 0 Å². The summed E-state index contributed by atoms with van der Waals surface area (Å²) < 4.78 is 14.9. The van der Waals surface area contributed by atoms with E-state index >= 15 is 0 Å². The van der Waals surface area contributed by atoms with Crippen molar-refractivity contribution < 1.29 is 14.2 Å². The number of rotatable bonds is 5. The van der Waals surface area contributed by atoms with Gasteiger partial charge in [0.1, 0.15) is 0 Å². The molecule has 0 aliphatic carbocycles. The summed E-state index contributed by atoms with van der Waals surface area (Å²) in [5, 5.41) is 2.79. The first-order valence-electron chi connectivity index (χ1n) is 5.59. The monoisotopic (exact) mass is 235 g/mol. The van der Waals surface area contributed by atoms with Crippen LogP contribution in [0.15, 0.2) is 30.3 Å². The van der Waals surface area contributed by atoms with Gasteiger partial charge in [0.2, 0.25) is 0 Å². The Balaban J connectivity index is 0.00000121. The molecule has 0 bridgehead atoms. The van der Waals surface area contributed by atoms with Gasteiger partial charge in [-0.1, -0.05) is 13.8 Å². The molecule has 0 radical (unpaired) electrons. The van der Waals surface area contributed by atoms with Crippen LogP contribution < -0.4 is 5.32 Å². The van der Waals surface area contributed by atoms with Gasteiger partial charge in [-0.3, -0.25) is 0 Å². The van der Waals surface area contributed by atoms with Gasteiger partial charge in [-0.15, -0.1) is 0 Å². The van der Waals surface area contributed by atoms with Crippen molar-refractivity contribution in [3.05, 3.63) is 35.9 Å². The third-order valence-electron chi connectivity index (χ3n) is 1.98. The number of hydrogen-bond acceptors (Lipinski definition) is 4. The fraction of sp³-hybridized carbons (Fsp3) is 0.417. The number of carbonyl (C=O) groups excluding carboxylic acids is 1. The van der Waals surface area contributed by atoms with Crippen LogP contribution in [-0.4, -0.2) is 26.7 Å². The standard InChI is InChI=1S/C10H12BNO3.C2H6/c1-15-10(13)9(12-7-11-14)8-5-3-2-4-6-8;1-2/h2-6,9,12H,7H2,1H3;1-2H3. The molecule has 0 spiro atoms. The molecule has 92 valence electrons. The van der Waals surface area contributed by atoms with Crippen LogP contribution in [-0.2, 0) is 14.2 Å². The van der Waals surface area contributed by atoms with Gasteiger partial charge >= 0.3 is 88.2 Å². The molecule has 1 N–H and O–H groups in total. The van der Waals surface area contributed by atoms with Crippen molar-refractivity contribution in [3.8, 4) is 0 Å². The summed E-state index contributed by atoms with van der Waals surface area (Å²) in [5.74, 6) is -0.400. The number of nitrogens with one attached hydrogen (secondary N) is 1. The van der Waals surface area contributed by atoms with Crippen molar-refractivity contribution in [1.82, 2.24) is 5.32 Å². The average Bonchev–Trinajstić information content (AvgIpc) is 2.42. The molecule has 0 amide bonds. The quantitative estimate of drug-likeness (QED) is 0.621. The van der Waals surface area contributed by atoms with Gasteiger partial charge in [0.25, 0.3) is 0 Å². The Hall–Kier alpha value is -1.49. The van der Waals surface area contributed by atoms with Crippen molar-refractivity contribution >= 4 is 13.1 Å². The third kappa shape index (κ3) is 5.40. The summed E-state index contributed by atoms with van der Waals surface area (Å²) in [6.45, 7) is 4.00. The molecule has 1 aromatic carbocycles. The van der Waals surface area contributed by atoms with Crippen LogP contribution >= 0.6 is 0 Å². The third-order valence-corrected chi connectivity index (χ3v) is 1.98. The number of hydrogen-bond donors (Lipinski definition) is 1. The van der Waals surface area contributed by atoms with Gasteiger partial charge in [-0.25, -0.2) is 0 Å². The Kier molecular flexibility index (Phi) is 8.87. The molecule has 1 atom stereocenters. The van der Waals surface area contributed by atoms with Crippen LogP contribution in [0, 0.1) is 0 Å². The zero-order valence-electron chi connectivity index (χ0n) is 10.5. The molecule has 17 heavy (non-hydrogen) atoms. The minimum atomic E-state index is -0.582. The molecule has 0 aliphatic rings. The Labute approximate surface area is 103 Å². The van der Waals surface area contributed by atoms with E-state index in [1.54, 1.807) is 12.1 Å². The summed E-state index contributed by atoms with van der Waals surface area (Å²) in [7, 11) is 2.03. The second kappa shape index (κ2) is 9.72. The van der Waals surface area contributed by atoms with Gasteiger partial charge in [-0.05, 0) is 0 Å². The first-order valence-corrected chi connectivity index (χ1v) is 5.59. The van der Waals surface area contributed by atoms with Crippen LogP contribution in [0.3, 0.4) is 0 Å². The molecule has 0 saturated carbocycles. The Bertz CT molecular complexity index is 330. The second-order valence-corrected chi connectivity index (χ2v) is 2.94. The van der Waals surface area contributed by atoms with Crippen molar-refractivity contribution in [2.45, 2.75) is 19.9 Å². The van der Waals surface area contributed by atoms with E-state index in [2.05, 4.69) is 10.1 Å². The maximum atomic E-state index is 11.4. The zero-order chi connectivity index (χ0) is 13.1. The van der Waals surface area contributed by atoms with E-state index in [0.29, 0.717) is 7.15 Å². The molecule has 0 aliphatic heterocycles. The Morgan fingerprint density at radius 1 is 1.35 bits per heavy atom. The predicted molar refractivity (Wildman–Crippen MR) is 67.0 cm³/mol. The summed E-state index contributed by atoms with van der Waals surface area (Å²) in [4.78, 5) is 11.4. The molecule has 1 unspecified atom stereocenters. The van der Waals surface area contributed by atoms with E-state index in [0.717, 1.165) is 5.56 Å². The van der Waals surface area contributed by atoms with Crippen LogP contribution in [0.1, 0.15) is 25.5 Å². The Morgan fingerprint density at radius 2 is 1.94 bits per heavy atom. The van der Waals surface area contributed by atoms with E-state index in [9.17, 15) is 9.50 Å². The van der Waals surface area contributed by atoms with Gasteiger partial charge in [-0.2, -0.15) is 0 Å². The van der Waals surface area contributed by atoms with Crippen molar-refractivity contribution in [3.63, 3.8) is 0 Å². The van der Waals surface area contributed by atoms with Crippen LogP contribution in [0.4, 0.5) is 0 Å². The average molecular weight is 235 g/mol. The predicted octanol–water partition coefficient (Wildman–Crippen LogP) is 1.52. The molecular weight excluding hydrogens is 217 g/mol. The number of esters is 1. The topological polar surface area (TPSA) is 55.4 Å². The van der Waals surface area contributed by atoms with Crippen molar-refractivity contribution in [2.24, 2.45) is 0 Å². The normalized spacial score (nSPS) is 10.5. The molecule has 4 nitrogen and oxygen atoms in total. The molecule has 1 rings (SSSR count). The first-order chi connectivity index (χ1) is 8.29. The molecule has 5 heteroatoms. The molecule has 1 aromatic rings. The van der Waals surface area contributed by atoms with E-state index < -0.39 is 12.0 Å². The number of benzene rings is 1. The van der Waals surface area contributed by atoms with E-state index in [1.165, 1.54) is 7.11 Å². The van der Waals surface area contributed by atoms with Crippen LogP contribution in [0.2, 0.25) is 0 Å². The van der Waals surface area contributed by atoms with Gasteiger partial charge in [0, 0.05) is 0 Å². The maximum absolute atomic E-state index is 11.4. The molecule has 0 saturated heterocycles. The molecule has 0 aromatic heterocycles. The zero-order valence-corrected chi connectivity index (χ0v) is 10.5. The van der Waals surface area contributed by atoms with Crippen LogP contribution in [0.25, 0.3) is 0 Å². The van der Waals surface area contributed by atoms with Crippen molar-refractivity contribution in [1.29, 1.82) is 0 Å². The minimum absolute atomic E-state index is 0.120. The summed E-state index contributed by atoms with van der Waals surface area (Å²) in [5.41, 5.74) is 0.784. The van der Waals surface area contributed by atoms with E-state index in [-0.39, 0.29) is 6.44 Å². The Morgan fingerprint density at radius 3 is 2.41 bits per heavy atom. The number of methoxy groups -OCH3 is 1. The van der Waals surface area contributed by atoms with E-state index in [4.69, 9.17) is 0 Å². The fourth-order valence-corrected chi connectivity index (χ4v) is 1.27. The molecule has 0 fully saturated rings. The molecule has 0 heterocycles. The number of ether oxygens (including phenoxy) is 1. The van der Waals surface area contributed by atoms with E-state index in [1.807, 2.05) is 32.0 Å². The SMILES string of the molecule is CC.COC(=O)C(NCB=O)c1ccccc1. The fourth-order valence-electron chi connectivity index (χ4n) is 1.27. The van der Waals surface area contributed by atoms with Crippen LogP contribution in [0.5, 0.6) is 0 Å². The summed E-state index contributed by atoms with van der Waals surface area (Å²) >= 11 is 0. The number of carbonyl (C=O) groups is 1.